The number of ether oxygens (including phenoxy) is 1. The number of benzene rings is 1. The summed E-state index contributed by atoms with van der Waals surface area (Å²) in [5, 5.41) is 3.48. The lowest BCUT2D eigenvalue weighted by atomic mass is 9.80. The van der Waals surface area contributed by atoms with Crippen LogP contribution in [0.3, 0.4) is 0 Å². The number of hydrogen-bond acceptors (Lipinski definition) is 3. The number of nitrogens with zero attached hydrogens (tertiary/aromatic N) is 1. The molecule has 2 aliphatic heterocycles. The van der Waals surface area contributed by atoms with Crippen LogP contribution in [0.15, 0.2) is 18.2 Å². The zero-order chi connectivity index (χ0) is 15.6. The molecule has 3 rings (SSSR count). The highest BCUT2D eigenvalue weighted by molar-refractivity contribution is 5.42. The van der Waals surface area contributed by atoms with Crippen LogP contribution in [0.2, 0.25) is 0 Å². The quantitative estimate of drug-likeness (QED) is 0.921. The molecule has 122 valence electrons. The number of aryl methyl sites for hydroxylation is 1. The predicted molar refractivity (Wildman–Crippen MR) is 91.6 cm³/mol. The van der Waals surface area contributed by atoms with Gasteiger partial charge in [0.1, 0.15) is 11.4 Å². The maximum absolute atomic E-state index is 6.56. The van der Waals surface area contributed by atoms with Gasteiger partial charge in [0.05, 0.1) is 0 Å². The van der Waals surface area contributed by atoms with Gasteiger partial charge in [0.15, 0.2) is 0 Å². The fraction of sp³-hybridized carbons (Fsp3) is 0.684. The van der Waals surface area contributed by atoms with E-state index in [1.54, 1.807) is 0 Å². The van der Waals surface area contributed by atoms with E-state index in [1.165, 1.54) is 11.1 Å². The summed E-state index contributed by atoms with van der Waals surface area (Å²) in [5.41, 5.74) is 2.87. The predicted octanol–water partition coefficient (Wildman–Crippen LogP) is 3.54. The van der Waals surface area contributed by atoms with Gasteiger partial charge in [-0.3, -0.25) is 4.90 Å². The molecule has 1 fully saturated rings. The Morgan fingerprint density at radius 1 is 1.18 bits per heavy atom. The fourth-order valence-corrected chi connectivity index (χ4v) is 4.09. The number of rotatable bonds is 4. The van der Waals surface area contributed by atoms with Crippen molar-refractivity contribution in [2.24, 2.45) is 0 Å². The second-order valence-corrected chi connectivity index (χ2v) is 6.70. The first-order valence-corrected chi connectivity index (χ1v) is 8.98. The van der Waals surface area contributed by atoms with Gasteiger partial charge in [-0.15, -0.1) is 0 Å². The summed E-state index contributed by atoms with van der Waals surface area (Å²) in [6.07, 6.45) is 4.48. The molecule has 1 saturated heterocycles. The molecule has 1 aromatic carbocycles. The Labute approximate surface area is 135 Å². The van der Waals surface area contributed by atoms with Gasteiger partial charge < -0.3 is 10.1 Å². The second kappa shape index (κ2) is 6.59. The lowest BCUT2D eigenvalue weighted by Gasteiger charge is -2.47. The number of fused-ring (bicyclic) bond motifs is 1. The van der Waals surface area contributed by atoms with Crippen LogP contribution in [0.4, 0.5) is 0 Å². The van der Waals surface area contributed by atoms with E-state index in [2.05, 4.69) is 49.2 Å². The molecular weight excluding hydrogens is 272 g/mol. The van der Waals surface area contributed by atoms with Crippen molar-refractivity contribution in [2.45, 2.75) is 58.1 Å². The Morgan fingerprint density at radius 3 is 2.55 bits per heavy atom. The molecule has 1 N–H and O–H groups in total. The Kier molecular flexibility index (Phi) is 4.74. The minimum atomic E-state index is 0.0409. The molecule has 2 aliphatic rings. The highest BCUT2D eigenvalue weighted by Crippen LogP contribution is 2.46. The summed E-state index contributed by atoms with van der Waals surface area (Å²) in [4.78, 5) is 2.60. The Hall–Kier alpha value is -1.06. The van der Waals surface area contributed by atoms with E-state index in [-0.39, 0.29) is 5.60 Å². The molecule has 1 unspecified atom stereocenters. The van der Waals surface area contributed by atoms with Crippen LogP contribution in [0.5, 0.6) is 5.75 Å². The molecule has 1 spiro atoms. The molecule has 0 bridgehead atoms. The van der Waals surface area contributed by atoms with Gasteiger partial charge >= 0.3 is 0 Å². The largest absolute Gasteiger partial charge is 0.487 e. The number of piperidine rings is 1. The first kappa shape index (κ1) is 15.8. The van der Waals surface area contributed by atoms with Crippen LogP contribution in [0, 0.1) is 0 Å². The minimum absolute atomic E-state index is 0.0409. The lowest BCUT2D eigenvalue weighted by Crippen LogP contribution is -2.51. The van der Waals surface area contributed by atoms with Crippen LogP contribution in [0.1, 0.15) is 57.2 Å². The molecule has 1 atom stereocenters. The van der Waals surface area contributed by atoms with Gasteiger partial charge in [0.2, 0.25) is 0 Å². The standard InChI is InChI=1S/C19H30N2O/c1-4-15-7-8-18-16(13-15)17(21(5-2)6-3)14-19(22-18)9-11-20-12-10-19/h7-8,13,17,20H,4-6,9-12,14H2,1-3H3. The van der Waals surface area contributed by atoms with Crippen molar-refractivity contribution < 1.29 is 4.74 Å². The van der Waals surface area contributed by atoms with Crippen molar-refractivity contribution >= 4 is 0 Å². The summed E-state index contributed by atoms with van der Waals surface area (Å²) >= 11 is 0. The zero-order valence-corrected chi connectivity index (χ0v) is 14.3. The van der Waals surface area contributed by atoms with Crippen molar-refractivity contribution in [2.75, 3.05) is 26.2 Å². The third kappa shape index (κ3) is 2.89. The average Bonchev–Trinajstić information content (AvgIpc) is 2.56. The number of nitrogens with one attached hydrogen (secondary N) is 1. The van der Waals surface area contributed by atoms with E-state index in [0.29, 0.717) is 6.04 Å². The van der Waals surface area contributed by atoms with Crippen molar-refractivity contribution in [1.29, 1.82) is 0 Å². The van der Waals surface area contributed by atoms with E-state index in [1.807, 2.05) is 0 Å². The smallest absolute Gasteiger partial charge is 0.124 e. The maximum Gasteiger partial charge on any atom is 0.124 e. The monoisotopic (exact) mass is 302 g/mol. The minimum Gasteiger partial charge on any atom is -0.487 e. The molecular formula is C19H30N2O. The van der Waals surface area contributed by atoms with Gasteiger partial charge in [-0.1, -0.05) is 32.9 Å². The van der Waals surface area contributed by atoms with Gasteiger partial charge in [-0.2, -0.15) is 0 Å². The fourth-order valence-electron chi connectivity index (χ4n) is 4.09. The van der Waals surface area contributed by atoms with E-state index in [9.17, 15) is 0 Å². The molecule has 2 heterocycles. The van der Waals surface area contributed by atoms with Crippen LogP contribution in [-0.2, 0) is 6.42 Å². The topological polar surface area (TPSA) is 24.5 Å². The summed E-state index contributed by atoms with van der Waals surface area (Å²) in [5.74, 6) is 1.13. The number of hydrogen-bond donors (Lipinski definition) is 1. The van der Waals surface area contributed by atoms with Crippen LogP contribution < -0.4 is 10.1 Å². The molecule has 0 aromatic heterocycles. The van der Waals surface area contributed by atoms with Crippen molar-refractivity contribution in [3.05, 3.63) is 29.3 Å². The lowest BCUT2D eigenvalue weighted by molar-refractivity contribution is -0.0182. The van der Waals surface area contributed by atoms with E-state index < -0.39 is 0 Å². The maximum atomic E-state index is 6.56. The summed E-state index contributed by atoms with van der Waals surface area (Å²) in [6, 6.07) is 7.33. The van der Waals surface area contributed by atoms with Crippen molar-refractivity contribution in [1.82, 2.24) is 10.2 Å². The molecule has 3 nitrogen and oxygen atoms in total. The summed E-state index contributed by atoms with van der Waals surface area (Å²) < 4.78 is 6.56. The molecule has 0 saturated carbocycles. The highest BCUT2D eigenvalue weighted by atomic mass is 16.5. The molecule has 3 heteroatoms. The van der Waals surface area contributed by atoms with E-state index in [0.717, 1.165) is 57.6 Å². The third-order valence-electron chi connectivity index (χ3n) is 5.50. The van der Waals surface area contributed by atoms with Crippen molar-refractivity contribution in [3.8, 4) is 5.75 Å². The normalized spacial score (nSPS) is 23.4. The molecule has 0 radical (unpaired) electrons. The van der Waals surface area contributed by atoms with Gasteiger partial charge in [-0.05, 0) is 57.1 Å². The first-order valence-electron chi connectivity index (χ1n) is 8.98. The summed E-state index contributed by atoms with van der Waals surface area (Å²) in [6.45, 7) is 11.1. The Bertz CT molecular complexity index is 504. The van der Waals surface area contributed by atoms with Crippen molar-refractivity contribution in [3.63, 3.8) is 0 Å². The van der Waals surface area contributed by atoms with Crippen LogP contribution in [0.25, 0.3) is 0 Å². The molecule has 0 aliphatic carbocycles. The highest BCUT2D eigenvalue weighted by Gasteiger charge is 2.43. The van der Waals surface area contributed by atoms with E-state index >= 15 is 0 Å². The van der Waals surface area contributed by atoms with Gasteiger partial charge in [0, 0.05) is 18.0 Å². The van der Waals surface area contributed by atoms with Crippen LogP contribution >= 0.6 is 0 Å². The van der Waals surface area contributed by atoms with Crippen LogP contribution in [-0.4, -0.2) is 36.7 Å². The molecule has 1 aromatic rings. The third-order valence-corrected chi connectivity index (χ3v) is 5.50. The SMILES string of the molecule is CCc1ccc2c(c1)C(N(CC)CC)CC1(CCNCC1)O2. The second-order valence-electron chi connectivity index (χ2n) is 6.70. The summed E-state index contributed by atoms with van der Waals surface area (Å²) in [7, 11) is 0. The average molecular weight is 302 g/mol. The molecule has 22 heavy (non-hydrogen) atoms. The first-order chi connectivity index (χ1) is 10.7. The van der Waals surface area contributed by atoms with Gasteiger partial charge in [0.25, 0.3) is 0 Å². The Balaban J connectivity index is 1.99. The van der Waals surface area contributed by atoms with Gasteiger partial charge in [-0.25, -0.2) is 0 Å². The Morgan fingerprint density at radius 2 is 1.91 bits per heavy atom. The molecule has 0 amide bonds. The van der Waals surface area contributed by atoms with E-state index in [4.69, 9.17) is 4.74 Å². The zero-order valence-electron chi connectivity index (χ0n) is 14.3.